The van der Waals surface area contributed by atoms with Gasteiger partial charge in [0.1, 0.15) is 5.60 Å². The molecule has 1 heterocycles. The topological polar surface area (TPSA) is 59.1 Å². The standard InChI is InChI=1S/C29H37FN2O4/c1-21(33)32(25-18-23(25)22-10-6-5-7-11-22)19-29(20-35-26-13-9-8-12-24(26)30)14-16-31(17-15-29)27(34)36-28(2,3)4/h5-13,23,25H,14-20H2,1-4H3/t23?,25-/m1/s1. The maximum atomic E-state index is 14.3. The number of hydrogen-bond acceptors (Lipinski definition) is 4. The van der Waals surface area contributed by atoms with E-state index in [0.29, 0.717) is 38.4 Å². The third kappa shape index (κ3) is 6.37. The number of hydrogen-bond donors (Lipinski definition) is 0. The number of benzene rings is 2. The van der Waals surface area contributed by atoms with Crippen LogP contribution in [0.2, 0.25) is 0 Å². The molecule has 194 valence electrons. The molecule has 1 unspecified atom stereocenters. The second-order valence-electron chi connectivity index (χ2n) is 11.2. The van der Waals surface area contributed by atoms with E-state index >= 15 is 0 Å². The first-order chi connectivity index (χ1) is 17.1. The molecule has 2 atom stereocenters. The predicted molar refractivity (Wildman–Crippen MR) is 136 cm³/mol. The van der Waals surface area contributed by atoms with Crippen molar-refractivity contribution in [2.75, 3.05) is 26.2 Å². The fourth-order valence-corrected chi connectivity index (χ4v) is 5.04. The maximum Gasteiger partial charge on any atom is 0.410 e. The minimum atomic E-state index is -0.566. The zero-order chi connectivity index (χ0) is 25.9. The summed E-state index contributed by atoms with van der Waals surface area (Å²) in [7, 11) is 0. The highest BCUT2D eigenvalue weighted by atomic mass is 19.1. The minimum Gasteiger partial charge on any atom is -0.490 e. The smallest absolute Gasteiger partial charge is 0.410 e. The summed E-state index contributed by atoms with van der Waals surface area (Å²) >= 11 is 0. The van der Waals surface area contributed by atoms with Crippen LogP contribution in [0.25, 0.3) is 0 Å². The first-order valence-electron chi connectivity index (χ1n) is 12.7. The molecule has 0 spiro atoms. The zero-order valence-corrected chi connectivity index (χ0v) is 21.7. The van der Waals surface area contributed by atoms with E-state index in [-0.39, 0.29) is 30.4 Å². The van der Waals surface area contributed by atoms with Crippen LogP contribution in [0.1, 0.15) is 58.4 Å². The lowest BCUT2D eigenvalue weighted by atomic mass is 9.78. The van der Waals surface area contributed by atoms with Crippen LogP contribution in [0.3, 0.4) is 0 Å². The van der Waals surface area contributed by atoms with Gasteiger partial charge in [0.05, 0.1) is 6.61 Å². The van der Waals surface area contributed by atoms with Gasteiger partial charge in [-0.25, -0.2) is 9.18 Å². The number of likely N-dealkylation sites (tertiary alicyclic amines) is 1. The summed E-state index contributed by atoms with van der Waals surface area (Å²) in [5.74, 6) is 0.141. The summed E-state index contributed by atoms with van der Waals surface area (Å²) in [5.41, 5.74) is 0.268. The monoisotopic (exact) mass is 496 g/mol. The van der Waals surface area contributed by atoms with E-state index in [1.54, 1.807) is 30.0 Å². The van der Waals surface area contributed by atoms with E-state index in [1.165, 1.54) is 11.6 Å². The molecule has 6 nitrogen and oxygen atoms in total. The molecule has 7 heteroatoms. The number of rotatable bonds is 7. The molecule has 1 aliphatic carbocycles. The van der Waals surface area contributed by atoms with Crippen molar-refractivity contribution in [1.29, 1.82) is 0 Å². The van der Waals surface area contributed by atoms with E-state index in [9.17, 15) is 14.0 Å². The number of nitrogens with zero attached hydrogens (tertiary/aromatic N) is 2. The highest BCUT2D eigenvalue weighted by molar-refractivity contribution is 5.74. The molecule has 2 fully saturated rings. The molecule has 0 bridgehead atoms. The van der Waals surface area contributed by atoms with Crippen LogP contribution in [0, 0.1) is 11.2 Å². The van der Waals surface area contributed by atoms with Gasteiger partial charge in [-0.2, -0.15) is 0 Å². The summed E-state index contributed by atoms with van der Waals surface area (Å²) in [6.07, 6.45) is 1.86. The van der Waals surface area contributed by atoms with Gasteiger partial charge >= 0.3 is 6.09 Å². The molecule has 1 aliphatic heterocycles. The Morgan fingerprint density at radius 2 is 1.69 bits per heavy atom. The average molecular weight is 497 g/mol. The number of piperidine rings is 1. The van der Waals surface area contributed by atoms with E-state index in [4.69, 9.17) is 9.47 Å². The quantitative estimate of drug-likeness (QED) is 0.499. The largest absolute Gasteiger partial charge is 0.490 e. The summed E-state index contributed by atoms with van der Waals surface area (Å²) in [5, 5.41) is 0. The van der Waals surface area contributed by atoms with Gasteiger partial charge in [-0.05, 0) is 57.7 Å². The molecule has 36 heavy (non-hydrogen) atoms. The molecular weight excluding hydrogens is 459 g/mol. The van der Waals surface area contributed by atoms with Crippen LogP contribution in [-0.4, -0.2) is 59.7 Å². The highest BCUT2D eigenvalue weighted by Gasteiger charge is 2.48. The van der Waals surface area contributed by atoms with Crippen molar-refractivity contribution < 1.29 is 23.5 Å². The molecule has 1 saturated heterocycles. The third-order valence-corrected chi connectivity index (χ3v) is 7.14. The molecule has 0 radical (unpaired) electrons. The van der Waals surface area contributed by atoms with Crippen LogP contribution in [-0.2, 0) is 9.53 Å². The van der Waals surface area contributed by atoms with Crippen LogP contribution >= 0.6 is 0 Å². The Morgan fingerprint density at radius 1 is 1.06 bits per heavy atom. The number of carbonyl (C=O) groups excluding carboxylic acids is 2. The molecule has 1 saturated carbocycles. The molecule has 0 aromatic heterocycles. The third-order valence-electron chi connectivity index (χ3n) is 7.14. The van der Waals surface area contributed by atoms with Gasteiger partial charge in [-0.1, -0.05) is 42.5 Å². The van der Waals surface area contributed by atoms with Gasteiger partial charge < -0.3 is 19.3 Å². The van der Waals surface area contributed by atoms with E-state index < -0.39 is 16.8 Å². The Morgan fingerprint density at radius 3 is 2.31 bits per heavy atom. The number of ether oxygens (including phenoxy) is 2. The minimum absolute atomic E-state index is 0.0262. The van der Waals surface area contributed by atoms with Gasteiger partial charge in [-0.3, -0.25) is 4.79 Å². The molecular formula is C29H37FN2O4. The molecule has 2 aromatic rings. The fraction of sp³-hybridized carbons (Fsp3) is 0.517. The van der Waals surface area contributed by atoms with Gasteiger partial charge in [0.2, 0.25) is 5.91 Å². The average Bonchev–Trinajstić information content (AvgIpc) is 3.62. The second-order valence-corrected chi connectivity index (χ2v) is 11.2. The number of carbonyl (C=O) groups is 2. The Hall–Kier alpha value is -3.09. The number of amides is 2. The lowest BCUT2D eigenvalue weighted by Gasteiger charge is -2.44. The Bertz CT molecular complexity index is 1060. The van der Waals surface area contributed by atoms with Gasteiger partial charge in [0.25, 0.3) is 0 Å². The van der Waals surface area contributed by atoms with Crippen molar-refractivity contribution in [2.45, 2.75) is 64.5 Å². The SMILES string of the molecule is CC(=O)N(CC1(COc2ccccc2F)CCN(C(=O)OC(C)(C)C)CC1)[C@@H]1CC1c1ccccc1. The van der Waals surface area contributed by atoms with Crippen molar-refractivity contribution in [2.24, 2.45) is 5.41 Å². The second kappa shape index (κ2) is 10.5. The van der Waals surface area contributed by atoms with Gasteiger partial charge in [0.15, 0.2) is 11.6 Å². The molecule has 4 rings (SSSR count). The summed E-state index contributed by atoms with van der Waals surface area (Å²) in [6, 6.07) is 16.8. The van der Waals surface area contributed by atoms with Crippen LogP contribution in [0.5, 0.6) is 5.75 Å². The van der Waals surface area contributed by atoms with Crippen LogP contribution < -0.4 is 4.74 Å². The van der Waals surface area contributed by atoms with Crippen molar-refractivity contribution in [3.63, 3.8) is 0 Å². The van der Waals surface area contributed by atoms with Crippen LogP contribution in [0.4, 0.5) is 9.18 Å². The maximum absolute atomic E-state index is 14.3. The Kier molecular flexibility index (Phi) is 7.57. The fourth-order valence-electron chi connectivity index (χ4n) is 5.04. The number of halogens is 1. The molecule has 0 N–H and O–H groups in total. The first-order valence-corrected chi connectivity index (χ1v) is 12.7. The molecule has 2 aliphatic rings. The van der Waals surface area contributed by atoms with Gasteiger partial charge in [0, 0.05) is 43.9 Å². The van der Waals surface area contributed by atoms with Crippen molar-refractivity contribution >= 4 is 12.0 Å². The van der Waals surface area contributed by atoms with Crippen molar-refractivity contribution in [3.8, 4) is 5.75 Å². The summed E-state index contributed by atoms with van der Waals surface area (Å²) < 4.78 is 25.9. The van der Waals surface area contributed by atoms with E-state index in [2.05, 4.69) is 12.1 Å². The Balaban J connectivity index is 1.50. The first kappa shape index (κ1) is 26.0. The normalized spacial score (nSPS) is 21.0. The molecule has 2 aromatic carbocycles. The Labute approximate surface area is 213 Å². The van der Waals surface area contributed by atoms with E-state index in [0.717, 1.165) is 6.42 Å². The molecule has 2 amide bonds. The predicted octanol–water partition coefficient (Wildman–Crippen LogP) is 5.63. The van der Waals surface area contributed by atoms with Gasteiger partial charge in [-0.15, -0.1) is 0 Å². The summed E-state index contributed by atoms with van der Waals surface area (Å²) in [4.78, 5) is 29.2. The van der Waals surface area contributed by atoms with Crippen molar-refractivity contribution in [3.05, 3.63) is 66.0 Å². The summed E-state index contributed by atoms with van der Waals surface area (Å²) in [6.45, 7) is 8.93. The van der Waals surface area contributed by atoms with Crippen molar-refractivity contribution in [1.82, 2.24) is 9.80 Å². The lowest BCUT2D eigenvalue weighted by molar-refractivity contribution is -0.132. The van der Waals surface area contributed by atoms with E-state index in [1.807, 2.05) is 43.9 Å². The zero-order valence-electron chi connectivity index (χ0n) is 21.7. The lowest BCUT2D eigenvalue weighted by Crippen LogP contribution is -2.52. The highest BCUT2D eigenvalue weighted by Crippen LogP contribution is 2.46. The van der Waals surface area contributed by atoms with Crippen LogP contribution in [0.15, 0.2) is 54.6 Å². The number of para-hydroxylation sites is 1.